The summed E-state index contributed by atoms with van der Waals surface area (Å²) in [4.78, 5) is 3.54. The molecule has 0 aliphatic carbocycles. The minimum absolute atomic E-state index is 0.0262. The van der Waals surface area contributed by atoms with Gasteiger partial charge in [-0.25, -0.2) is 22.2 Å². The highest BCUT2D eigenvalue weighted by Crippen LogP contribution is 2.35. The first-order chi connectivity index (χ1) is 16.4. The van der Waals surface area contributed by atoms with Gasteiger partial charge in [-0.2, -0.15) is 8.42 Å². The van der Waals surface area contributed by atoms with Gasteiger partial charge in [0.2, 0.25) is 10.0 Å². The molecule has 0 saturated heterocycles. The first-order valence-corrected chi connectivity index (χ1v) is 13.6. The number of fused-ring (bicyclic) bond motifs is 1. The van der Waals surface area contributed by atoms with Gasteiger partial charge in [0.05, 0.1) is 27.7 Å². The van der Waals surface area contributed by atoms with Crippen molar-refractivity contribution in [2.24, 2.45) is 0 Å². The van der Waals surface area contributed by atoms with Crippen LogP contribution in [0, 0.1) is 11.6 Å². The second-order valence-corrected chi connectivity index (χ2v) is 11.3. The number of aromatic nitrogens is 2. The van der Waals surface area contributed by atoms with Crippen LogP contribution in [0.2, 0.25) is 5.02 Å². The van der Waals surface area contributed by atoms with Crippen molar-refractivity contribution in [2.45, 2.75) is 18.2 Å². The first-order valence-electron chi connectivity index (χ1n) is 10.1. The second kappa shape index (κ2) is 9.19. The molecule has 35 heavy (non-hydrogen) atoms. The van der Waals surface area contributed by atoms with Gasteiger partial charge in [0.25, 0.3) is 10.1 Å². The van der Waals surface area contributed by atoms with E-state index in [-0.39, 0.29) is 23.4 Å². The maximum atomic E-state index is 15.2. The van der Waals surface area contributed by atoms with Crippen molar-refractivity contribution < 1.29 is 30.2 Å². The van der Waals surface area contributed by atoms with Crippen molar-refractivity contribution in [3.63, 3.8) is 0 Å². The zero-order valence-corrected chi connectivity index (χ0v) is 20.4. The molecule has 2 aromatic carbocycles. The van der Waals surface area contributed by atoms with Gasteiger partial charge in [0, 0.05) is 17.8 Å². The fraction of sp³-hybridized carbons (Fsp3) is 0.136. The molecule has 0 spiro atoms. The summed E-state index contributed by atoms with van der Waals surface area (Å²) in [5, 5.41) is 0.952. The largest absolute Gasteiger partial charge is 0.300 e. The Balaban J connectivity index is 1.90. The average Bonchev–Trinajstić information content (AvgIpc) is 3.18. The van der Waals surface area contributed by atoms with E-state index in [4.69, 9.17) is 11.6 Å². The van der Waals surface area contributed by atoms with Crippen LogP contribution in [0.1, 0.15) is 13.3 Å². The molecule has 4 rings (SSSR count). The third kappa shape index (κ3) is 5.01. The van der Waals surface area contributed by atoms with Crippen molar-refractivity contribution in [1.29, 1.82) is 0 Å². The Labute approximate surface area is 205 Å². The van der Waals surface area contributed by atoms with Gasteiger partial charge in [-0.1, -0.05) is 24.6 Å². The van der Waals surface area contributed by atoms with E-state index in [9.17, 15) is 25.8 Å². The quantitative estimate of drug-likeness (QED) is 0.317. The minimum Gasteiger partial charge on any atom is -0.300 e. The van der Waals surface area contributed by atoms with Gasteiger partial charge in [-0.05, 0) is 48.4 Å². The lowest BCUT2D eigenvalue weighted by Gasteiger charge is -2.15. The lowest BCUT2D eigenvalue weighted by Crippen LogP contribution is -2.17. The Kier molecular flexibility index (Phi) is 6.58. The van der Waals surface area contributed by atoms with Crippen LogP contribution >= 0.6 is 11.6 Å². The predicted octanol–water partition coefficient (Wildman–Crippen LogP) is 5.02. The molecule has 4 aromatic rings. The number of nitrogens with one attached hydrogen (secondary N) is 1. The molecule has 13 heteroatoms. The van der Waals surface area contributed by atoms with Crippen molar-refractivity contribution in [3.8, 4) is 16.8 Å². The maximum absolute atomic E-state index is 15.2. The lowest BCUT2D eigenvalue weighted by molar-refractivity contribution is 0.482. The van der Waals surface area contributed by atoms with Crippen LogP contribution in [0.15, 0.2) is 59.8 Å². The zero-order valence-electron chi connectivity index (χ0n) is 18.0. The van der Waals surface area contributed by atoms with Crippen molar-refractivity contribution in [3.05, 3.63) is 71.5 Å². The minimum atomic E-state index is -4.87. The van der Waals surface area contributed by atoms with Gasteiger partial charge in [0.15, 0.2) is 5.82 Å². The summed E-state index contributed by atoms with van der Waals surface area (Å²) in [6.07, 6.45) is 3.14. The van der Waals surface area contributed by atoms with E-state index in [2.05, 4.69) is 9.71 Å². The van der Waals surface area contributed by atoms with E-state index < -0.39 is 47.9 Å². The second-order valence-electron chi connectivity index (χ2n) is 7.61. The highest BCUT2D eigenvalue weighted by atomic mass is 35.5. The number of hydrogen-bond donors (Lipinski definition) is 2. The molecule has 184 valence electrons. The Morgan fingerprint density at radius 3 is 2.51 bits per heavy atom. The van der Waals surface area contributed by atoms with Gasteiger partial charge in [0.1, 0.15) is 16.4 Å². The smallest absolute Gasteiger partial charge is 0.296 e. The summed E-state index contributed by atoms with van der Waals surface area (Å²) in [5.74, 6) is -2.57. The van der Waals surface area contributed by atoms with Gasteiger partial charge in [-0.15, -0.1) is 0 Å². The SMILES string of the molecule is CCCS(=O)(=O)Nc1ccc(F)c(-c2ccc(-n3ccc4cc(Cl)cnc43)c(S(=O)(=O)O)c2)c1F. The first kappa shape index (κ1) is 25.0. The summed E-state index contributed by atoms with van der Waals surface area (Å²) < 4.78 is 91.9. The molecule has 0 bridgehead atoms. The third-order valence-electron chi connectivity index (χ3n) is 5.11. The summed E-state index contributed by atoms with van der Waals surface area (Å²) in [7, 11) is -8.75. The standard InChI is InChI=1S/C22H18ClF2N3O5S2/c1-2-9-34(29,30)27-17-5-4-16(24)20(21(17)25)13-3-6-18(19(11-13)35(31,32)33)28-8-7-14-10-15(23)12-26-22(14)28/h3-8,10-12,27H,2,9H2,1H3,(H,31,32,33). The molecule has 0 aliphatic heterocycles. The van der Waals surface area contributed by atoms with E-state index in [1.54, 1.807) is 19.1 Å². The van der Waals surface area contributed by atoms with Crippen LogP contribution in [0.4, 0.5) is 14.5 Å². The normalized spacial score (nSPS) is 12.3. The highest BCUT2D eigenvalue weighted by Gasteiger charge is 2.24. The summed E-state index contributed by atoms with van der Waals surface area (Å²) in [6, 6.07) is 8.42. The molecule has 0 aliphatic rings. The monoisotopic (exact) mass is 541 g/mol. The number of rotatable bonds is 7. The molecule has 0 amide bonds. The lowest BCUT2D eigenvalue weighted by atomic mass is 10.0. The van der Waals surface area contributed by atoms with E-state index in [0.29, 0.717) is 16.1 Å². The number of pyridine rings is 1. The number of halogens is 3. The predicted molar refractivity (Wildman–Crippen MR) is 129 cm³/mol. The molecule has 2 aromatic heterocycles. The van der Waals surface area contributed by atoms with Crippen LogP contribution in [0.5, 0.6) is 0 Å². The summed E-state index contributed by atoms with van der Waals surface area (Å²) in [6.45, 7) is 1.63. The molecule has 2 N–H and O–H groups in total. The van der Waals surface area contributed by atoms with E-state index in [0.717, 1.165) is 18.2 Å². The average molecular weight is 542 g/mol. The van der Waals surface area contributed by atoms with Gasteiger partial charge < -0.3 is 0 Å². The fourth-order valence-electron chi connectivity index (χ4n) is 3.65. The van der Waals surface area contributed by atoms with Gasteiger partial charge >= 0.3 is 0 Å². The van der Waals surface area contributed by atoms with Crippen LogP contribution in [-0.2, 0) is 20.1 Å². The summed E-state index contributed by atoms with van der Waals surface area (Å²) in [5.41, 5.74) is -1.09. The number of nitrogens with zero attached hydrogens (tertiary/aromatic N) is 2. The van der Waals surface area contributed by atoms with Crippen LogP contribution in [-0.4, -0.2) is 36.7 Å². The van der Waals surface area contributed by atoms with Crippen LogP contribution in [0.25, 0.3) is 27.8 Å². The Bertz CT molecular complexity index is 1670. The van der Waals surface area contributed by atoms with E-state index in [1.165, 1.54) is 29.1 Å². The Hall–Kier alpha value is -3.06. The Morgan fingerprint density at radius 2 is 1.83 bits per heavy atom. The molecular formula is C22H18ClF2N3O5S2. The van der Waals surface area contributed by atoms with Crippen LogP contribution < -0.4 is 4.72 Å². The molecule has 0 fully saturated rings. The number of benzene rings is 2. The van der Waals surface area contributed by atoms with Crippen molar-refractivity contribution >= 4 is 48.5 Å². The van der Waals surface area contributed by atoms with E-state index >= 15 is 4.39 Å². The molecular weight excluding hydrogens is 524 g/mol. The fourth-order valence-corrected chi connectivity index (χ4v) is 5.66. The van der Waals surface area contributed by atoms with Gasteiger partial charge in [-0.3, -0.25) is 13.8 Å². The zero-order chi connectivity index (χ0) is 25.5. The topological polar surface area (TPSA) is 118 Å². The molecule has 8 nitrogen and oxygen atoms in total. The molecule has 0 atom stereocenters. The maximum Gasteiger partial charge on any atom is 0.296 e. The number of hydrogen-bond acceptors (Lipinski definition) is 5. The molecule has 2 heterocycles. The molecule has 0 unspecified atom stereocenters. The number of anilines is 1. The van der Waals surface area contributed by atoms with E-state index in [1.807, 2.05) is 0 Å². The van der Waals surface area contributed by atoms with Crippen molar-refractivity contribution in [2.75, 3.05) is 10.5 Å². The number of sulfonamides is 1. The van der Waals surface area contributed by atoms with Crippen LogP contribution in [0.3, 0.4) is 0 Å². The summed E-state index contributed by atoms with van der Waals surface area (Å²) >= 11 is 5.94. The third-order valence-corrected chi connectivity index (χ3v) is 7.67. The molecule has 0 saturated carbocycles. The highest BCUT2D eigenvalue weighted by molar-refractivity contribution is 7.92. The Morgan fingerprint density at radius 1 is 1.09 bits per heavy atom. The molecule has 0 radical (unpaired) electrons. The van der Waals surface area contributed by atoms with Crippen molar-refractivity contribution in [1.82, 2.24) is 9.55 Å².